The van der Waals surface area contributed by atoms with Crippen LogP contribution < -0.4 is 9.80 Å². The molecule has 152 valence electrons. The van der Waals surface area contributed by atoms with Crippen molar-refractivity contribution >= 4 is 22.9 Å². The predicted molar refractivity (Wildman–Crippen MR) is 115 cm³/mol. The molecule has 5 rings (SSSR count). The molecular weight excluding hydrogens is 380 g/mol. The molecule has 1 fully saturated rings. The fourth-order valence-corrected chi connectivity index (χ4v) is 3.70. The number of hydrogen-bond acceptors (Lipinski definition) is 8. The highest BCUT2D eigenvalue weighted by molar-refractivity contribution is 5.71. The van der Waals surface area contributed by atoms with Gasteiger partial charge in [0.25, 0.3) is 0 Å². The SMILES string of the molecule is Cc1cc(N2CCN(c3ncc4ncn(C)c4n3)CC2)nc(-c2ccccc2O)n1. The molecule has 0 amide bonds. The van der Waals surface area contributed by atoms with Crippen LogP contribution in [0.5, 0.6) is 5.75 Å². The minimum Gasteiger partial charge on any atom is -0.507 e. The monoisotopic (exact) mass is 402 g/mol. The number of imidazole rings is 1. The molecule has 0 aliphatic carbocycles. The summed E-state index contributed by atoms with van der Waals surface area (Å²) in [7, 11) is 1.93. The zero-order valence-corrected chi connectivity index (χ0v) is 16.9. The predicted octanol–water partition coefficient (Wildman–Crippen LogP) is 2.16. The van der Waals surface area contributed by atoms with Crippen LogP contribution in [0.4, 0.5) is 11.8 Å². The summed E-state index contributed by atoms with van der Waals surface area (Å²) in [6, 6.07) is 9.13. The lowest BCUT2D eigenvalue weighted by Gasteiger charge is -2.35. The first-order valence-electron chi connectivity index (χ1n) is 9.86. The lowest BCUT2D eigenvalue weighted by molar-refractivity contribution is 0.477. The molecule has 1 saturated heterocycles. The van der Waals surface area contributed by atoms with Crippen LogP contribution in [0.3, 0.4) is 0 Å². The molecule has 0 spiro atoms. The van der Waals surface area contributed by atoms with Gasteiger partial charge >= 0.3 is 0 Å². The molecule has 0 saturated carbocycles. The van der Waals surface area contributed by atoms with E-state index in [1.54, 1.807) is 24.7 Å². The molecule has 1 aliphatic heterocycles. The van der Waals surface area contributed by atoms with Gasteiger partial charge in [-0.25, -0.2) is 19.9 Å². The number of rotatable bonds is 3. The number of nitrogens with zero attached hydrogens (tertiary/aromatic N) is 8. The van der Waals surface area contributed by atoms with Gasteiger partial charge in [0, 0.05) is 45.0 Å². The maximum Gasteiger partial charge on any atom is 0.227 e. The van der Waals surface area contributed by atoms with Crippen LogP contribution in [0.15, 0.2) is 42.9 Å². The quantitative estimate of drug-likeness (QED) is 0.557. The standard InChI is InChI=1S/C21H22N8O/c1-14-11-18(25-19(24-14)15-5-3-4-6-17(15)30)28-7-9-29(10-8-28)21-22-12-16-20(26-21)27(2)13-23-16/h3-6,11-13,30H,7-10H2,1-2H3. The Morgan fingerprint density at radius 3 is 2.50 bits per heavy atom. The van der Waals surface area contributed by atoms with Gasteiger partial charge < -0.3 is 19.5 Å². The van der Waals surface area contributed by atoms with Crippen molar-refractivity contribution in [3.8, 4) is 17.1 Å². The van der Waals surface area contributed by atoms with Crippen LogP contribution in [0.25, 0.3) is 22.6 Å². The summed E-state index contributed by atoms with van der Waals surface area (Å²) in [4.78, 5) is 27.1. The second-order valence-electron chi connectivity index (χ2n) is 7.42. The molecule has 0 radical (unpaired) electrons. The van der Waals surface area contributed by atoms with Crippen LogP contribution in [-0.2, 0) is 7.05 Å². The first kappa shape index (κ1) is 18.3. The molecule has 3 aromatic heterocycles. The van der Waals surface area contributed by atoms with Gasteiger partial charge in [-0.15, -0.1) is 0 Å². The Kier molecular flexibility index (Phi) is 4.42. The number of aromatic hydroxyl groups is 1. The summed E-state index contributed by atoms with van der Waals surface area (Å²) >= 11 is 0. The first-order chi connectivity index (χ1) is 14.6. The van der Waals surface area contributed by atoms with Gasteiger partial charge in [-0.1, -0.05) is 12.1 Å². The Morgan fingerprint density at radius 2 is 1.70 bits per heavy atom. The van der Waals surface area contributed by atoms with Crippen molar-refractivity contribution in [2.75, 3.05) is 36.0 Å². The number of para-hydroxylation sites is 1. The number of piperazine rings is 1. The molecule has 1 N–H and O–H groups in total. The smallest absolute Gasteiger partial charge is 0.227 e. The maximum absolute atomic E-state index is 10.2. The van der Waals surface area contributed by atoms with E-state index in [0.717, 1.165) is 54.8 Å². The number of phenols is 1. The minimum atomic E-state index is 0.182. The third kappa shape index (κ3) is 3.28. The van der Waals surface area contributed by atoms with Gasteiger partial charge in [0.2, 0.25) is 5.95 Å². The fraction of sp³-hybridized carbons (Fsp3) is 0.286. The number of aromatic nitrogens is 6. The largest absolute Gasteiger partial charge is 0.507 e. The summed E-state index contributed by atoms with van der Waals surface area (Å²) in [6.07, 6.45) is 3.52. The average Bonchev–Trinajstić information content (AvgIpc) is 3.14. The van der Waals surface area contributed by atoms with E-state index in [4.69, 9.17) is 4.98 Å². The van der Waals surface area contributed by atoms with Crippen LogP contribution in [0, 0.1) is 6.92 Å². The molecule has 0 bridgehead atoms. The lowest BCUT2D eigenvalue weighted by atomic mass is 10.2. The summed E-state index contributed by atoms with van der Waals surface area (Å²) < 4.78 is 1.90. The van der Waals surface area contributed by atoms with E-state index in [9.17, 15) is 5.11 Å². The van der Waals surface area contributed by atoms with Gasteiger partial charge in [0.05, 0.1) is 18.1 Å². The number of hydrogen-bond donors (Lipinski definition) is 1. The second kappa shape index (κ2) is 7.25. The van der Waals surface area contributed by atoms with Gasteiger partial charge in [0.1, 0.15) is 17.1 Å². The number of benzene rings is 1. The van der Waals surface area contributed by atoms with E-state index in [2.05, 4.69) is 29.7 Å². The molecule has 1 aromatic carbocycles. The third-order valence-corrected chi connectivity index (χ3v) is 5.31. The van der Waals surface area contributed by atoms with Crippen molar-refractivity contribution in [3.63, 3.8) is 0 Å². The van der Waals surface area contributed by atoms with E-state index in [-0.39, 0.29) is 5.75 Å². The van der Waals surface area contributed by atoms with E-state index < -0.39 is 0 Å². The van der Waals surface area contributed by atoms with Gasteiger partial charge in [-0.2, -0.15) is 4.98 Å². The number of anilines is 2. The molecule has 1 aliphatic rings. The van der Waals surface area contributed by atoms with Crippen LogP contribution in [-0.4, -0.2) is 60.8 Å². The maximum atomic E-state index is 10.2. The van der Waals surface area contributed by atoms with Gasteiger partial charge in [-0.05, 0) is 19.1 Å². The molecule has 9 nitrogen and oxygen atoms in total. The van der Waals surface area contributed by atoms with Crippen molar-refractivity contribution in [2.45, 2.75) is 6.92 Å². The fourth-order valence-electron chi connectivity index (χ4n) is 3.70. The summed E-state index contributed by atoms with van der Waals surface area (Å²) in [5, 5.41) is 10.2. The Hall–Kier alpha value is -3.75. The molecule has 9 heteroatoms. The molecular formula is C21H22N8O. The van der Waals surface area contributed by atoms with Crippen LogP contribution in [0.1, 0.15) is 5.69 Å². The highest BCUT2D eigenvalue weighted by atomic mass is 16.3. The Morgan fingerprint density at radius 1 is 0.933 bits per heavy atom. The van der Waals surface area contributed by atoms with Crippen LogP contribution in [0.2, 0.25) is 0 Å². The lowest BCUT2D eigenvalue weighted by Crippen LogP contribution is -2.47. The molecule has 0 atom stereocenters. The van der Waals surface area contributed by atoms with Gasteiger partial charge in [-0.3, -0.25) is 0 Å². The number of fused-ring (bicyclic) bond motifs is 1. The van der Waals surface area contributed by atoms with E-state index in [0.29, 0.717) is 11.4 Å². The summed E-state index contributed by atoms with van der Waals surface area (Å²) in [6.45, 7) is 5.12. The molecule has 30 heavy (non-hydrogen) atoms. The topological polar surface area (TPSA) is 96.1 Å². The van der Waals surface area contributed by atoms with Gasteiger partial charge in [0.15, 0.2) is 11.5 Å². The van der Waals surface area contributed by atoms with Crippen LogP contribution >= 0.6 is 0 Å². The van der Waals surface area contributed by atoms with Crippen molar-refractivity contribution in [2.24, 2.45) is 7.05 Å². The van der Waals surface area contributed by atoms with Crippen molar-refractivity contribution < 1.29 is 5.11 Å². The summed E-state index contributed by atoms with van der Waals surface area (Å²) in [5.74, 6) is 2.31. The summed E-state index contributed by atoms with van der Waals surface area (Å²) in [5.41, 5.74) is 3.14. The third-order valence-electron chi connectivity index (χ3n) is 5.31. The van der Waals surface area contributed by atoms with E-state index in [1.165, 1.54) is 0 Å². The highest BCUT2D eigenvalue weighted by Gasteiger charge is 2.22. The number of phenolic OH excluding ortho intramolecular Hbond substituents is 1. The van der Waals surface area contributed by atoms with Crippen molar-refractivity contribution in [1.29, 1.82) is 0 Å². The average molecular weight is 402 g/mol. The molecule has 4 aromatic rings. The molecule has 4 heterocycles. The van der Waals surface area contributed by atoms with Crippen molar-refractivity contribution in [1.82, 2.24) is 29.5 Å². The van der Waals surface area contributed by atoms with Crippen molar-refractivity contribution in [3.05, 3.63) is 48.5 Å². The second-order valence-corrected chi connectivity index (χ2v) is 7.42. The number of aryl methyl sites for hydroxylation is 2. The molecule has 0 unspecified atom stereocenters. The van der Waals surface area contributed by atoms with E-state index in [1.807, 2.05) is 36.7 Å². The first-order valence-corrected chi connectivity index (χ1v) is 9.86. The van der Waals surface area contributed by atoms with E-state index >= 15 is 0 Å². The Labute approximate surface area is 173 Å². The Bertz CT molecular complexity index is 1210. The Balaban J connectivity index is 1.36. The minimum absolute atomic E-state index is 0.182. The normalized spacial score (nSPS) is 14.5. The highest BCUT2D eigenvalue weighted by Crippen LogP contribution is 2.28. The zero-order valence-electron chi connectivity index (χ0n) is 16.9. The zero-order chi connectivity index (χ0) is 20.7.